The Morgan fingerprint density at radius 2 is 1.84 bits per heavy atom. The number of nitrogen functional groups attached to an aromatic ring is 2. The largest absolute Gasteiger partial charge is 0.457 e. The molecule has 0 fully saturated rings. The fourth-order valence-electron chi connectivity index (χ4n) is 3.25. The van der Waals surface area contributed by atoms with Crippen molar-refractivity contribution in [1.29, 1.82) is 10.5 Å². The monoisotopic (exact) mass is 464 g/mol. The molecule has 1 aromatic heterocycles. The first kappa shape index (κ1) is 21.1. The van der Waals surface area contributed by atoms with Crippen molar-refractivity contribution in [2.24, 2.45) is 4.99 Å². The standard InChI is InChI=1S/C21H14Cl2N8O/c22-14-5-4-12(7-15(14)23)32-11-3-1-2-10(6-11)18-16-17(26)13(8-24)19(27)30-20(16)31-21(29-18)28-9-25/h1-7,18H,(H6,26,27,28,29,30,31). The Bertz CT molecular complexity index is 1340. The van der Waals surface area contributed by atoms with Crippen LogP contribution < -0.4 is 26.8 Å². The number of anilines is 3. The normalized spacial score (nSPS) is 14.2. The molecule has 3 aromatic rings. The van der Waals surface area contributed by atoms with Crippen LogP contribution in [0.4, 0.5) is 17.3 Å². The minimum Gasteiger partial charge on any atom is -0.457 e. The number of hydrogen-bond donors (Lipinski definition) is 4. The van der Waals surface area contributed by atoms with Crippen LogP contribution >= 0.6 is 23.2 Å². The predicted octanol–water partition coefficient (Wildman–Crippen LogP) is 4.16. The molecule has 158 valence electrons. The average molecular weight is 465 g/mol. The molecule has 2 aromatic carbocycles. The van der Waals surface area contributed by atoms with Gasteiger partial charge in [0, 0.05) is 11.6 Å². The van der Waals surface area contributed by atoms with Gasteiger partial charge in [-0.3, -0.25) is 5.32 Å². The summed E-state index contributed by atoms with van der Waals surface area (Å²) in [5.74, 6) is 1.45. The molecular weight excluding hydrogens is 451 g/mol. The zero-order chi connectivity index (χ0) is 22.8. The molecule has 9 nitrogen and oxygen atoms in total. The van der Waals surface area contributed by atoms with Gasteiger partial charge in [0.2, 0.25) is 5.96 Å². The minimum absolute atomic E-state index is 0.0232. The molecule has 0 saturated heterocycles. The second kappa shape index (κ2) is 8.52. The van der Waals surface area contributed by atoms with E-state index in [2.05, 4.69) is 20.6 Å². The van der Waals surface area contributed by atoms with Crippen LogP contribution in [0.25, 0.3) is 0 Å². The summed E-state index contributed by atoms with van der Waals surface area (Å²) in [7, 11) is 0. The van der Waals surface area contributed by atoms with Crippen molar-refractivity contribution >= 4 is 46.5 Å². The number of nitriles is 2. The molecule has 4 rings (SSSR count). The zero-order valence-electron chi connectivity index (χ0n) is 16.2. The first-order valence-electron chi connectivity index (χ1n) is 9.13. The second-order valence-corrected chi connectivity index (χ2v) is 7.47. The van der Waals surface area contributed by atoms with E-state index < -0.39 is 6.04 Å². The number of pyridine rings is 1. The number of rotatable bonds is 3. The van der Waals surface area contributed by atoms with Gasteiger partial charge in [-0.1, -0.05) is 35.3 Å². The average Bonchev–Trinajstić information content (AvgIpc) is 2.76. The van der Waals surface area contributed by atoms with Crippen LogP contribution in [0.3, 0.4) is 0 Å². The predicted molar refractivity (Wildman–Crippen MR) is 122 cm³/mol. The highest BCUT2D eigenvalue weighted by molar-refractivity contribution is 6.42. The van der Waals surface area contributed by atoms with E-state index in [1.54, 1.807) is 36.4 Å². The Morgan fingerprint density at radius 3 is 2.56 bits per heavy atom. The van der Waals surface area contributed by atoms with Crippen LogP contribution in [-0.2, 0) is 0 Å². The SMILES string of the molecule is N#CNC1=NC(c2cccc(Oc3ccc(Cl)c(Cl)c3)c2)c2c(nc(N)c(C#N)c2N)N1. The van der Waals surface area contributed by atoms with E-state index >= 15 is 0 Å². The third kappa shape index (κ3) is 3.91. The molecule has 2 heterocycles. The van der Waals surface area contributed by atoms with E-state index in [0.717, 1.165) is 0 Å². The third-order valence-corrected chi connectivity index (χ3v) is 5.40. The number of nitrogens with one attached hydrogen (secondary N) is 2. The third-order valence-electron chi connectivity index (χ3n) is 4.66. The van der Waals surface area contributed by atoms with Crippen molar-refractivity contribution in [3.8, 4) is 23.8 Å². The summed E-state index contributed by atoms with van der Waals surface area (Å²) in [4.78, 5) is 8.77. The van der Waals surface area contributed by atoms with Crippen LogP contribution in [0.1, 0.15) is 22.7 Å². The van der Waals surface area contributed by atoms with E-state index in [0.29, 0.717) is 38.5 Å². The number of halogens is 2. The summed E-state index contributed by atoms with van der Waals surface area (Å²) in [5, 5.41) is 24.6. The van der Waals surface area contributed by atoms with Crippen LogP contribution in [-0.4, -0.2) is 10.9 Å². The molecule has 0 bridgehead atoms. The Labute approximate surface area is 192 Å². The van der Waals surface area contributed by atoms with Gasteiger partial charge in [0.1, 0.15) is 40.8 Å². The smallest absolute Gasteiger partial charge is 0.211 e. The molecule has 11 heteroatoms. The van der Waals surface area contributed by atoms with Crippen molar-refractivity contribution in [3.05, 3.63) is 69.2 Å². The summed E-state index contributed by atoms with van der Waals surface area (Å²) in [6.45, 7) is 0. The van der Waals surface area contributed by atoms with E-state index in [1.807, 2.05) is 18.3 Å². The van der Waals surface area contributed by atoms with Crippen LogP contribution in [0.5, 0.6) is 11.5 Å². The summed E-state index contributed by atoms with van der Waals surface area (Å²) in [6.07, 6.45) is 1.81. The minimum atomic E-state index is -0.681. The highest BCUT2D eigenvalue weighted by Gasteiger charge is 2.29. The second-order valence-electron chi connectivity index (χ2n) is 6.65. The molecule has 1 aliphatic heterocycles. The molecule has 1 aliphatic rings. The highest BCUT2D eigenvalue weighted by atomic mass is 35.5. The molecule has 32 heavy (non-hydrogen) atoms. The molecule has 0 amide bonds. The fraction of sp³-hybridized carbons (Fsp3) is 0.0476. The van der Waals surface area contributed by atoms with Gasteiger partial charge in [0.15, 0.2) is 6.19 Å². The lowest BCUT2D eigenvalue weighted by Crippen LogP contribution is -2.32. The maximum absolute atomic E-state index is 9.44. The number of ether oxygens (including phenoxy) is 1. The Balaban J connectivity index is 1.79. The molecule has 0 aliphatic carbocycles. The Hall–Kier alpha value is -4.18. The fourth-order valence-corrected chi connectivity index (χ4v) is 3.53. The summed E-state index contributed by atoms with van der Waals surface area (Å²) in [6, 6.07) is 13.3. The van der Waals surface area contributed by atoms with Gasteiger partial charge in [-0.15, -0.1) is 0 Å². The molecule has 0 radical (unpaired) electrons. The lowest BCUT2D eigenvalue weighted by Gasteiger charge is -2.26. The van der Waals surface area contributed by atoms with Gasteiger partial charge in [-0.25, -0.2) is 9.98 Å². The maximum atomic E-state index is 9.44. The van der Waals surface area contributed by atoms with Crippen molar-refractivity contribution < 1.29 is 4.74 Å². The van der Waals surface area contributed by atoms with Crippen LogP contribution in [0.15, 0.2) is 47.5 Å². The van der Waals surface area contributed by atoms with Crippen molar-refractivity contribution in [2.75, 3.05) is 16.8 Å². The first-order chi connectivity index (χ1) is 15.4. The Morgan fingerprint density at radius 1 is 1.06 bits per heavy atom. The first-order valence-corrected chi connectivity index (χ1v) is 9.88. The van der Waals surface area contributed by atoms with E-state index in [9.17, 15) is 5.26 Å². The zero-order valence-corrected chi connectivity index (χ0v) is 17.7. The summed E-state index contributed by atoms with van der Waals surface area (Å²) in [5.41, 5.74) is 13.5. The van der Waals surface area contributed by atoms with Gasteiger partial charge >= 0.3 is 0 Å². The lowest BCUT2D eigenvalue weighted by molar-refractivity contribution is 0.481. The van der Waals surface area contributed by atoms with Gasteiger partial charge in [0.05, 0.1) is 15.7 Å². The molecule has 0 spiro atoms. The number of nitrogens with two attached hydrogens (primary N) is 2. The number of hydrogen-bond acceptors (Lipinski definition) is 9. The van der Waals surface area contributed by atoms with Gasteiger partial charge in [-0.05, 0) is 29.8 Å². The number of aromatic nitrogens is 1. The van der Waals surface area contributed by atoms with Gasteiger partial charge in [0.25, 0.3) is 0 Å². The number of nitrogens with zero attached hydrogens (tertiary/aromatic N) is 4. The molecular formula is C21H14Cl2N8O. The van der Waals surface area contributed by atoms with Gasteiger partial charge < -0.3 is 21.5 Å². The summed E-state index contributed by atoms with van der Waals surface area (Å²) >= 11 is 12.0. The Kier molecular flexibility index (Phi) is 5.61. The van der Waals surface area contributed by atoms with E-state index in [1.165, 1.54) is 0 Å². The highest BCUT2D eigenvalue weighted by Crippen LogP contribution is 2.41. The molecule has 6 N–H and O–H groups in total. The van der Waals surface area contributed by atoms with Gasteiger partial charge in [-0.2, -0.15) is 10.5 Å². The quantitative estimate of drug-likeness (QED) is 0.332. The van der Waals surface area contributed by atoms with Crippen LogP contribution in [0, 0.1) is 22.8 Å². The van der Waals surface area contributed by atoms with Crippen molar-refractivity contribution in [2.45, 2.75) is 6.04 Å². The van der Waals surface area contributed by atoms with Crippen molar-refractivity contribution in [1.82, 2.24) is 10.3 Å². The number of benzene rings is 2. The molecule has 0 saturated carbocycles. The van der Waals surface area contributed by atoms with Crippen LogP contribution in [0.2, 0.25) is 10.0 Å². The topological polar surface area (TPSA) is 158 Å². The van der Waals surface area contributed by atoms with Crippen molar-refractivity contribution in [3.63, 3.8) is 0 Å². The maximum Gasteiger partial charge on any atom is 0.211 e. The summed E-state index contributed by atoms with van der Waals surface area (Å²) < 4.78 is 5.91. The van der Waals surface area contributed by atoms with E-state index in [4.69, 9.17) is 44.7 Å². The number of fused-ring (bicyclic) bond motifs is 1. The molecule has 1 unspecified atom stereocenters. The molecule has 1 atom stereocenters. The van der Waals surface area contributed by atoms with E-state index in [-0.39, 0.29) is 23.0 Å². The number of guanidine groups is 1. The number of aliphatic imine (C=N–C) groups is 1. The lowest BCUT2D eigenvalue weighted by atomic mass is 9.95.